The van der Waals surface area contributed by atoms with E-state index < -0.39 is 0 Å². The number of hydrogen-bond donors (Lipinski definition) is 2. The molecule has 0 radical (unpaired) electrons. The van der Waals surface area contributed by atoms with Crippen molar-refractivity contribution in [2.45, 2.75) is 19.4 Å². The molecule has 1 aromatic heterocycles. The molecule has 1 atom stereocenters. The number of aliphatic hydroxyl groups is 1. The summed E-state index contributed by atoms with van der Waals surface area (Å²) in [6.45, 7) is 1.75. The van der Waals surface area contributed by atoms with Crippen LogP contribution < -0.4 is 0 Å². The molecule has 1 unspecified atom stereocenters. The molecule has 2 aromatic rings. The van der Waals surface area contributed by atoms with Crippen LogP contribution in [0.1, 0.15) is 12.5 Å². The van der Waals surface area contributed by atoms with Gasteiger partial charge in [0, 0.05) is 23.0 Å². The normalized spacial score (nSPS) is 13.3. The summed E-state index contributed by atoms with van der Waals surface area (Å²) in [4.78, 5) is 3.09. The van der Waals surface area contributed by atoms with Crippen molar-refractivity contribution < 1.29 is 5.11 Å². The van der Waals surface area contributed by atoms with Crippen LogP contribution in [0, 0.1) is 0 Å². The van der Waals surface area contributed by atoms with Gasteiger partial charge in [0.05, 0.1) is 16.6 Å². The van der Waals surface area contributed by atoms with Crippen LogP contribution in [0.4, 0.5) is 0 Å². The van der Waals surface area contributed by atoms with Gasteiger partial charge in [0.2, 0.25) is 0 Å². The van der Waals surface area contributed by atoms with Gasteiger partial charge in [-0.25, -0.2) is 0 Å². The van der Waals surface area contributed by atoms with E-state index in [2.05, 4.69) is 4.98 Å². The van der Waals surface area contributed by atoms with Crippen molar-refractivity contribution in [2.75, 3.05) is 0 Å². The summed E-state index contributed by atoms with van der Waals surface area (Å²) in [5, 5.41) is 11.5. The molecule has 2 nitrogen and oxygen atoms in total. The first-order valence-electron chi connectivity index (χ1n) is 4.71. The predicted octanol–water partition coefficient (Wildman–Crippen LogP) is 3.40. The number of aliphatic hydroxyl groups excluding tert-OH is 1. The second-order valence-electron chi connectivity index (χ2n) is 3.68. The van der Waals surface area contributed by atoms with E-state index in [1.165, 1.54) is 0 Å². The molecule has 2 rings (SSSR count). The van der Waals surface area contributed by atoms with Crippen molar-refractivity contribution in [3.8, 4) is 0 Å². The quantitative estimate of drug-likeness (QED) is 0.834. The molecule has 4 heteroatoms. The van der Waals surface area contributed by atoms with Crippen molar-refractivity contribution in [1.82, 2.24) is 4.98 Å². The Bertz CT molecular complexity index is 491. The van der Waals surface area contributed by atoms with Gasteiger partial charge in [0.15, 0.2) is 0 Å². The molecule has 2 N–H and O–H groups in total. The Morgan fingerprint density at radius 3 is 2.80 bits per heavy atom. The molecule has 0 saturated heterocycles. The largest absolute Gasteiger partial charge is 0.393 e. The van der Waals surface area contributed by atoms with E-state index in [4.69, 9.17) is 23.2 Å². The summed E-state index contributed by atoms with van der Waals surface area (Å²) < 4.78 is 0. The number of H-pyrrole nitrogens is 1. The Morgan fingerprint density at radius 1 is 1.40 bits per heavy atom. The lowest BCUT2D eigenvalue weighted by atomic mass is 10.1. The van der Waals surface area contributed by atoms with Gasteiger partial charge in [-0.2, -0.15) is 0 Å². The number of aromatic nitrogens is 1. The molecule has 0 aliphatic heterocycles. The molecule has 0 spiro atoms. The number of hydrogen-bond acceptors (Lipinski definition) is 1. The Labute approximate surface area is 97.8 Å². The standard InChI is InChI=1S/C11H11Cl2NO/c1-6(15)2-7-5-14-11-9(7)3-8(12)4-10(11)13/h3-6,14-15H,2H2,1H3. The van der Waals surface area contributed by atoms with Gasteiger partial charge in [-0.05, 0) is 24.6 Å². The average Bonchev–Trinajstić information content (AvgIpc) is 2.48. The highest BCUT2D eigenvalue weighted by Gasteiger charge is 2.09. The van der Waals surface area contributed by atoms with Crippen molar-refractivity contribution in [3.05, 3.63) is 33.9 Å². The summed E-state index contributed by atoms with van der Waals surface area (Å²) in [6, 6.07) is 3.56. The molecule has 0 amide bonds. The lowest BCUT2D eigenvalue weighted by Crippen LogP contribution is -2.03. The molecule has 0 aliphatic rings. The van der Waals surface area contributed by atoms with Crippen molar-refractivity contribution in [3.63, 3.8) is 0 Å². The first kappa shape index (κ1) is 10.8. The second kappa shape index (κ2) is 4.05. The topological polar surface area (TPSA) is 36.0 Å². The maximum absolute atomic E-state index is 9.34. The number of fused-ring (bicyclic) bond motifs is 1. The summed E-state index contributed by atoms with van der Waals surface area (Å²) in [5.74, 6) is 0. The summed E-state index contributed by atoms with van der Waals surface area (Å²) in [7, 11) is 0. The van der Waals surface area contributed by atoms with E-state index in [1.54, 1.807) is 13.0 Å². The predicted molar refractivity (Wildman–Crippen MR) is 63.7 cm³/mol. The maximum Gasteiger partial charge on any atom is 0.0661 e. The fourth-order valence-corrected chi connectivity index (χ4v) is 2.25. The molecule has 15 heavy (non-hydrogen) atoms. The lowest BCUT2D eigenvalue weighted by molar-refractivity contribution is 0.196. The van der Waals surface area contributed by atoms with Crippen LogP contribution in [0.2, 0.25) is 10.0 Å². The van der Waals surface area contributed by atoms with E-state index in [0.717, 1.165) is 16.5 Å². The van der Waals surface area contributed by atoms with E-state index >= 15 is 0 Å². The Kier molecular flexibility index (Phi) is 2.91. The first-order valence-corrected chi connectivity index (χ1v) is 5.46. The zero-order valence-electron chi connectivity index (χ0n) is 8.22. The van der Waals surface area contributed by atoms with E-state index in [-0.39, 0.29) is 6.10 Å². The number of halogens is 2. The monoisotopic (exact) mass is 243 g/mol. The van der Waals surface area contributed by atoms with Gasteiger partial charge in [-0.1, -0.05) is 23.2 Å². The molecule has 1 heterocycles. The van der Waals surface area contributed by atoms with E-state index in [0.29, 0.717) is 16.5 Å². The molecule has 1 aromatic carbocycles. The molecule has 0 aliphatic carbocycles. The Morgan fingerprint density at radius 2 is 2.13 bits per heavy atom. The molecular weight excluding hydrogens is 233 g/mol. The highest BCUT2D eigenvalue weighted by atomic mass is 35.5. The van der Waals surface area contributed by atoms with Crippen molar-refractivity contribution >= 4 is 34.1 Å². The SMILES string of the molecule is CC(O)Cc1c[nH]c2c(Cl)cc(Cl)cc12. The number of rotatable bonds is 2. The highest BCUT2D eigenvalue weighted by Crippen LogP contribution is 2.29. The summed E-state index contributed by atoms with van der Waals surface area (Å²) in [5.41, 5.74) is 1.90. The first-order chi connectivity index (χ1) is 7.08. The number of benzene rings is 1. The van der Waals surface area contributed by atoms with Crippen LogP contribution in [0.25, 0.3) is 10.9 Å². The van der Waals surface area contributed by atoms with Crippen LogP contribution in [-0.2, 0) is 6.42 Å². The minimum atomic E-state index is -0.373. The minimum absolute atomic E-state index is 0.373. The lowest BCUT2D eigenvalue weighted by Gasteiger charge is -2.03. The Balaban J connectivity index is 2.58. The molecular formula is C11H11Cl2NO. The fraction of sp³-hybridized carbons (Fsp3) is 0.273. The van der Waals surface area contributed by atoms with Crippen LogP contribution in [0.5, 0.6) is 0 Å². The van der Waals surface area contributed by atoms with Gasteiger partial charge in [0.25, 0.3) is 0 Å². The van der Waals surface area contributed by atoms with Gasteiger partial charge >= 0.3 is 0 Å². The third-order valence-corrected chi connectivity index (χ3v) is 2.82. The van der Waals surface area contributed by atoms with Crippen LogP contribution in [0.3, 0.4) is 0 Å². The number of nitrogens with one attached hydrogen (secondary N) is 1. The molecule has 0 bridgehead atoms. The molecule has 0 saturated carbocycles. The van der Waals surface area contributed by atoms with Crippen LogP contribution >= 0.6 is 23.2 Å². The minimum Gasteiger partial charge on any atom is -0.393 e. The van der Waals surface area contributed by atoms with Crippen LogP contribution in [-0.4, -0.2) is 16.2 Å². The second-order valence-corrected chi connectivity index (χ2v) is 4.52. The van der Waals surface area contributed by atoms with Crippen molar-refractivity contribution in [2.24, 2.45) is 0 Å². The zero-order chi connectivity index (χ0) is 11.0. The smallest absolute Gasteiger partial charge is 0.0661 e. The molecule has 80 valence electrons. The Hall–Kier alpha value is -0.700. The third kappa shape index (κ3) is 2.12. The third-order valence-electron chi connectivity index (χ3n) is 2.31. The van der Waals surface area contributed by atoms with E-state index in [9.17, 15) is 5.11 Å². The van der Waals surface area contributed by atoms with Crippen molar-refractivity contribution in [1.29, 1.82) is 0 Å². The molecule has 0 fully saturated rings. The zero-order valence-corrected chi connectivity index (χ0v) is 9.73. The van der Waals surface area contributed by atoms with Gasteiger partial charge in [0.1, 0.15) is 0 Å². The van der Waals surface area contributed by atoms with Crippen LogP contribution in [0.15, 0.2) is 18.3 Å². The van der Waals surface area contributed by atoms with Gasteiger partial charge in [-0.15, -0.1) is 0 Å². The van der Waals surface area contributed by atoms with Gasteiger partial charge in [-0.3, -0.25) is 0 Å². The number of aromatic amines is 1. The average molecular weight is 244 g/mol. The van der Waals surface area contributed by atoms with Gasteiger partial charge < -0.3 is 10.1 Å². The fourth-order valence-electron chi connectivity index (χ4n) is 1.70. The highest BCUT2D eigenvalue weighted by molar-refractivity contribution is 6.38. The summed E-state index contributed by atoms with van der Waals surface area (Å²) >= 11 is 12.0. The van der Waals surface area contributed by atoms with E-state index in [1.807, 2.05) is 12.3 Å². The summed E-state index contributed by atoms with van der Waals surface area (Å²) in [6.07, 6.45) is 2.08. The maximum atomic E-state index is 9.34.